The largest absolute Gasteiger partial charge is 0.492 e. The van der Waals surface area contributed by atoms with Crippen LogP contribution in [-0.2, 0) is 4.79 Å². The molecule has 4 rings (SSSR count). The Morgan fingerprint density at radius 3 is 2.74 bits per heavy atom. The van der Waals surface area contributed by atoms with Crippen LogP contribution in [0.15, 0.2) is 40.3 Å². The van der Waals surface area contributed by atoms with Gasteiger partial charge in [-0.25, -0.2) is 4.98 Å². The Kier molecular flexibility index (Phi) is 6.97. The van der Waals surface area contributed by atoms with Gasteiger partial charge in [0.1, 0.15) is 17.2 Å². The van der Waals surface area contributed by atoms with E-state index in [2.05, 4.69) is 5.32 Å². The fourth-order valence-corrected chi connectivity index (χ4v) is 5.90. The molecular weight excluding hydrogens is 430 g/mol. The highest BCUT2D eigenvalue weighted by Crippen LogP contribution is 2.34. The number of aryl methyl sites for hydroxylation is 2. The molecule has 2 aromatic heterocycles. The van der Waals surface area contributed by atoms with Gasteiger partial charge in [-0.1, -0.05) is 42.8 Å². The number of benzene rings is 1. The number of carbonyl (C=O) groups excluding carboxylic acids is 1. The van der Waals surface area contributed by atoms with E-state index in [4.69, 9.17) is 9.72 Å². The van der Waals surface area contributed by atoms with E-state index in [9.17, 15) is 9.59 Å². The van der Waals surface area contributed by atoms with Gasteiger partial charge in [0.2, 0.25) is 5.91 Å². The van der Waals surface area contributed by atoms with Crippen molar-refractivity contribution in [3.05, 3.63) is 51.1 Å². The smallest absolute Gasteiger partial charge is 0.263 e. The van der Waals surface area contributed by atoms with Gasteiger partial charge in [0.15, 0.2) is 5.16 Å². The minimum absolute atomic E-state index is 0.0397. The lowest BCUT2D eigenvalue weighted by atomic mass is 10.2. The van der Waals surface area contributed by atoms with Crippen molar-refractivity contribution >= 4 is 39.2 Å². The number of rotatable bonds is 8. The quantitative estimate of drug-likeness (QED) is 0.307. The van der Waals surface area contributed by atoms with E-state index in [0.717, 1.165) is 52.1 Å². The molecule has 0 unspecified atom stereocenters. The molecule has 31 heavy (non-hydrogen) atoms. The molecule has 6 nitrogen and oxygen atoms in total. The molecule has 164 valence electrons. The van der Waals surface area contributed by atoms with E-state index in [1.165, 1.54) is 11.8 Å². The number of amides is 1. The Morgan fingerprint density at radius 2 is 2.00 bits per heavy atom. The fraction of sp³-hybridized carbons (Fsp3) is 0.435. The molecule has 1 saturated carbocycles. The van der Waals surface area contributed by atoms with Gasteiger partial charge in [0.05, 0.1) is 17.7 Å². The maximum Gasteiger partial charge on any atom is 0.263 e. The van der Waals surface area contributed by atoms with Crippen LogP contribution in [0.5, 0.6) is 5.75 Å². The van der Waals surface area contributed by atoms with Gasteiger partial charge in [0, 0.05) is 10.9 Å². The van der Waals surface area contributed by atoms with E-state index in [-0.39, 0.29) is 23.3 Å². The van der Waals surface area contributed by atoms with Gasteiger partial charge in [-0.3, -0.25) is 14.2 Å². The van der Waals surface area contributed by atoms with Crippen LogP contribution in [0.4, 0.5) is 0 Å². The summed E-state index contributed by atoms with van der Waals surface area (Å²) in [6, 6.07) is 9.70. The molecule has 0 spiro atoms. The zero-order valence-corrected chi connectivity index (χ0v) is 19.5. The number of nitrogens with zero attached hydrogens (tertiary/aromatic N) is 2. The third-order valence-electron chi connectivity index (χ3n) is 5.66. The van der Waals surface area contributed by atoms with Crippen LogP contribution in [0.3, 0.4) is 0 Å². The Hall–Kier alpha value is -2.32. The first-order chi connectivity index (χ1) is 15.0. The van der Waals surface area contributed by atoms with Crippen LogP contribution < -0.4 is 15.6 Å². The maximum absolute atomic E-state index is 13.4. The zero-order chi connectivity index (χ0) is 21.8. The predicted molar refractivity (Wildman–Crippen MR) is 127 cm³/mol. The lowest BCUT2D eigenvalue weighted by Gasteiger charge is -2.18. The summed E-state index contributed by atoms with van der Waals surface area (Å²) in [6.07, 6.45) is 4.24. The third-order valence-corrected chi connectivity index (χ3v) is 7.71. The van der Waals surface area contributed by atoms with E-state index < -0.39 is 0 Å². The van der Waals surface area contributed by atoms with E-state index >= 15 is 0 Å². The number of hydrogen-bond donors (Lipinski definition) is 1. The number of ether oxygens (including phenoxy) is 1. The molecule has 2 heterocycles. The second kappa shape index (κ2) is 9.87. The summed E-state index contributed by atoms with van der Waals surface area (Å²) < 4.78 is 7.46. The summed E-state index contributed by atoms with van der Waals surface area (Å²) in [5, 5.41) is 4.27. The Bertz CT molecular complexity index is 1120. The van der Waals surface area contributed by atoms with E-state index in [1.54, 1.807) is 11.3 Å². The molecule has 1 amide bonds. The molecule has 0 radical (unpaired) electrons. The lowest BCUT2D eigenvalue weighted by molar-refractivity contribution is -0.118. The summed E-state index contributed by atoms with van der Waals surface area (Å²) in [4.78, 5) is 32.4. The summed E-state index contributed by atoms with van der Waals surface area (Å²) in [5.74, 6) is 0.914. The number of thioether (sulfide) groups is 1. The highest BCUT2D eigenvalue weighted by Gasteiger charge is 2.25. The van der Waals surface area contributed by atoms with Crippen LogP contribution in [0.2, 0.25) is 0 Å². The Balaban J connectivity index is 1.43. The summed E-state index contributed by atoms with van der Waals surface area (Å²) in [7, 11) is 0. The van der Waals surface area contributed by atoms with Gasteiger partial charge in [0.25, 0.3) is 5.56 Å². The first-order valence-electron chi connectivity index (χ1n) is 10.6. The minimum atomic E-state index is -0.0903. The normalized spacial score (nSPS) is 14.3. The van der Waals surface area contributed by atoms with Crippen molar-refractivity contribution in [1.82, 2.24) is 14.9 Å². The van der Waals surface area contributed by atoms with Gasteiger partial charge >= 0.3 is 0 Å². The molecule has 3 aromatic rings. The highest BCUT2D eigenvalue weighted by atomic mass is 32.2. The first kappa shape index (κ1) is 21.9. The van der Waals surface area contributed by atoms with Gasteiger partial charge in [-0.05, 0) is 44.4 Å². The van der Waals surface area contributed by atoms with E-state index in [1.807, 2.05) is 48.7 Å². The topological polar surface area (TPSA) is 73.2 Å². The monoisotopic (exact) mass is 457 g/mol. The number of carbonyl (C=O) groups is 1. The molecule has 0 bridgehead atoms. The molecule has 0 saturated heterocycles. The van der Waals surface area contributed by atoms with Crippen LogP contribution in [-0.4, -0.2) is 34.4 Å². The average molecular weight is 458 g/mol. The number of para-hydroxylation sites is 1. The number of thiophene rings is 1. The van der Waals surface area contributed by atoms with Crippen LogP contribution in [0.1, 0.15) is 42.2 Å². The number of fused-ring (bicyclic) bond motifs is 1. The predicted octanol–water partition coefficient (Wildman–Crippen LogP) is 4.48. The zero-order valence-electron chi connectivity index (χ0n) is 17.8. The fourth-order valence-electron chi connectivity index (χ4n) is 3.93. The summed E-state index contributed by atoms with van der Waals surface area (Å²) in [6.45, 7) is 4.86. The molecule has 1 fully saturated rings. The van der Waals surface area contributed by atoms with E-state index in [0.29, 0.717) is 18.3 Å². The lowest BCUT2D eigenvalue weighted by Crippen LogP contribution is -2.30. The number of aromatic nitrogens is 2. The summed E-state index contributed by atoms with van der Waals surface area (Å²) >= 11 is 2.90. The number of nitrogens with one attached hydrogen (secondary N) is 1. The molecule has 0 atom stereocenters. The van der Waals surface area contributed by atoms with Crippen LogP contribution in [0.25, 0.3) is 10.2 Å². The third kappa shape index (κ3) is 4.96. The van der Waals surface area contributed by atoms with Crippen molar-refractivity contribution in [2.75, 3.05) is 18.9 Å². The van der Waals surface area contributed by atoms with Crippen molar-refractivity contribution < 1.29 is 9.53 Å². The average Bonchev–Trinajstić information content (AvgIpc) is 3.39. The van der Waals surface area contributed by atoms with Crippen molar-refractivity contribution in [1.29, 1.82) is 0 Å². The SMILES string of the molecule is Cc1sc2nc(SCC(=O)NCCOc3ccccc3)n(C3CCCC3)c(=O)c2c1C. The standard InChI is InChI=1S/C23H27N3O3S2/c1-15-16(2)31-21-20(15)22(28)26(17-8-6-7-9-17)23(25-21)30-14-19(27)24-12-13-29-18-10-4-3-5-11-18/h3-5,10-11,17H,6-9,12-14H2,1-2H3,(H,24,27). The highest BCUT2D eigenvalue weighted by molar-refractivity contribution is 7.99. The molecule has 1 aliphatic carbocycles. The van der Waals surface area contributed by atoms with Crippen LogP contribution >= 0.6 is 23.1 Å². The van der Waals surface area contributed by atoms with Crippen molar-refractivity contribution in [2.45, 2.75) is 50.7 Å². The minimum Gasteiger partial charge on any atom is -0.492 e. The molecule has 1 aromatic carbocycles. The number of hydrogen-bond acceptors (Lipinski definition) is 6. The van der Waals surface area contributed by atoms with Gasteiger partial charge < -0.3 is 10.1 Å². The molecule has 8 heteroatoms. The second-order valence-electron chi connectivity index (χ2n) is 7.77. The van der Waals surface area contributed by atoms with Crippen LogP contribution in [0, 0.1) is 13.8 Å². The van der Waals surface area contributed by atoms with Crippen molar-refractivity contribution in [3.63, 3.8) is 0 Å². The van der Waals surface area contributed by atoms with Crippen molar-refractivity contribution in [2.24, 2.45) is 0 Å². The first-order valence-corrected chi connectivity index (χ1v) is 12.4. The Morgan fingerprint density at radius 1 is 1.26 bits per heavy atom. The van der Waals surface area contributed by atoms with Gasteiger partial charge in [-0.2, -0.15) is 0 Å². The summed E-state index contributed by atoms with van der Waals surface area (Å²) in [5.41, 5.74) is 1.06. The molecule has 0 aliphatic heterocycles. The molecular formula is C23H27N3O3S2. The Labute approximate surface area is 190 Å². The molecule has 1 N–H and O–H groups in total. The van der Waals surface area contributed by atoms with Crippen molar-refractivity contribution in [3.8, 4) is 5.75 Å². The maximum atomic E-state index is 13.4. The second-order valence-corrected chi connectivity index (χ2v) is 9.92. The van der Waals surface area contributed by atoms with Gasteiger partial charge in [-0.15, -0.1) is 11.3 Å². The molecule has 1 aliphatic rings.